The molecule has 0 spiro atoms. The molecule has 3 rings (SSSR count). The molecule has 2 aromatic carbocycles. The van der Waals surface area contributed by atoms with Crippen molar-refractivity contribution in [1.82, 2.24) is 9.80 Å². The first-order valence-corrected chi connectivity index (χ1v) is 7.79. The Balaban J connectivity index is 1.65. The molecule has 2 amide bonds. The Morgan fingerprint density at radius 3 is 2.04 bits per heavy atom. The number of para-hydroxylation sites is 1. The number of amides is 2. The highest BCUT2D eigenvalue weighted by atomic mass is 19.2. The molecule has 1 aliphatic heterocycles. The lowest BCUT2D eigenvalue weighted by atomic mass is 10.1. The molecule has 5 nitrogen and oxygen atoms in total. The summed E-state index contributed by atoms with van der Waals surface area (Å²) in [6.45, 7) is 1.14. The first-order valence-electron chi connectivity index (χ1n) is 7.79. The van der Waals surface area contributed by atoms with Gasteiger partial charge in [-0.1, -0.05) is 12.1 Å². The van der Waals surface area contributed by atoms with Gasteiger partial charge in [0.05, 0.1) is 5.56 Å². The molecule has 0 aliphatic carbocycles. The van der Waals surface area contributed by atoms with E-state index in [1.165, 1.54) is 23.1 Å². The van der Waals surface area contributed by atoms with Crippen molar-refractivity contribution in [2.75, 3.05) is 26.2 Å². The van der Waals surface area contributed by atoms with Crippen LogP contribution >= 0.6 is 0 Å². The Labute approximate surface area is 143 Å². The number of piperazine rings is 1. The fourth-order valence-corrected chi connectivity index (χ4v) is 2.75. The normalized spacial score (nSPS) is 14.5. The first-order chi connectivity index (χ1) is 12.0. The Morgan fingerprint density at radius 1 is 0.840 bits per heavy atom. The summed E-state index contributed by atoms with van der Waals surface area (Å²) in [5.74, 6) is -2.88. The van der Waals surface area contributed by atoms with Gasteiger partial charge in [-0.3, -0.25) is 9.59 Å². The van der Waals surface area contributed by atoms with Crippen LogP contribution in [0.25, 0.3) is 0 Å². The average molecular weight is 346 g/mol. The molecule has 1 saturated heterocycles. The van der Waals surface area contributed by atoms with E-state index in [4.69, 9.17) is 0 Å². The summed E-state index contributed by atoms with van der Waals surface area (Å²) in [7, 11) is 0. The van der Waals surface area contributed by atoms with Crippen molar-refractivity contribution in [1.29, 1.82) is 0 Å². The van der Waals surface area contributed by atoms with Crippen LogP contribution in [0, 0.1) is 11.6 Å². The summed E-state index contributed by atoms with van der Waals surface area (Å²) >= 11 is 0. The Hall–Kier alpha value is -2.96. The molecule has 1 heterocycles. The highest BCUT2D eigenvalue weighted by Gasteiger charge is 2.26. The number of aromatic hydroxyl groups is 1. The number of halogens is 2. The topological polar surface area (TPSA) is 60.9 Å². The zero-order valence-electron chi connectivity index (χ0n) is 13.3. The van der Waals surface area contributed by atoms with E-state index in [-0.39, 0.29) is 35.9 Å². The van der Waals surface area contributed by atoms with E-state index in [0.717, 1.165) is 12.1 Å². The second-order valence-corrected chi connectivity index (χ2v) is 5.73. The van der Waals surface area contributed by atoms with Gasteiger partial charge >= 0.3 is 0 Å². The van der Waals surface area contributed by atoms with Crippen LogP contribution < -0.4 is 0 Å². The minimum Gasteiger partial charge on any atom is -0.507 e. The lowest BCUT2D eigenvalue weighted by molar-refractivity contribution is 0.0533. The summed E-state index contributed by atoms with van der Waals surface area (Å²) in [6, 6.07) is 9.30. The number of nitrogens with zero attached hydrogens (tertiary/aromatic N) is 2. The maximum Gasteiger partial charge on any atom is 0.257 e. The number of benzene rings is 2. The largest absolute Gasteiger partial charge is 0.507 e. The van der Waals surface area contributed by atoms with Crippen LogP contribution in [0.1, 0.15) is 20.7 Å². The molecular weight excluding hydrogens is 330 g/mol. The van der Waals surface area contributed by atoms with Crippen LogP contribution in [0.2, 0.25) is 0 Å². The number of hydrogen-bond donors (Lipinski definition) is 1. The van der Waals surface area contributed by atoms with E-state index in [1.807, 2.05) is 0 Å². The Kier molecular flexibility index (Phi) is 4.65. The molecule has 0 aromatic heterocycles. The number of carbonyl (C=O) groups is 2. The number of phenols is 1. The van der Waals surface area contributed by atoms with E-state index >= 15 is 0 Å². The van der Waals surface area contributed by atoms with Crippen LogP contribution in [0.15, 0.2) is 42.5 Å². The second kappa shape index (κ2) is 6.88. The molecule has 0 atom stereocenters. The zero-order valence-corrected chi connectivity index (χ0v) is 13.3. The highest BCUT2D eigenvalue weighted by molar-refractivity contribution is 5.97. The Bertz CT molecular complexity index is 818. The molecule has 0 radical (unpaired) electrons. The van der Waals surface area contributed by atoms with Crippen LogP contribution in [0.4, 0.5) is 8.78 Å². The third-order valence-electron chi connectivity index (χ3n) is 4.16. The molecule has 2 aromatic rings. The SMILES string of the molecule is O=C(c1ccc(F)c(F)c1)N1CCN(C(=O)c2ccccc2O)CC1. The average Bonchev–Trinajstić information content (AvgIpc) is 2.63. The standard InChI is InChI=1S/C18H16F2N2O3/c19-14-6-5-12(11-15(14)20)17(24)21-7-9-22(10-8-21)18(25)13-3-1-2-4-16(13)23/h1-6,11,23H,7-10H2. The van der Waals surface area contributed by atoms with Crippen molar-refractivity contribution in [3.05, 3.63) is 65.2 Å². The molecule has 1 aliphatic rings. The highest BCUT2D eigenvalue weighted by Crippen LogP contribution is 2.19. The smallest absolute Gasteiger partial charge is 0.257 e. The summed E-state index contributed by atoms with van der Waals surface area (Å²) in [6.07, 6.45) is 0. The fourth-order valence-electron chi connectivity index (χ4n) is 2.75. The quantitative estimate of drug-likeness (QED) is 0.907. The van der Waals surface area contributed by atoms with E-state index in [0.29, 0.717) is 13.1 Å². The van der Waals surface area contributed by atoms with Gasteiger partial charge in [0, 0.05) is 31.7 Å². The van der Waals surface area contributed by atoms with E-state index in [9.17, 15) is 23.5 Å². The maximum absolute atomic E-state index is 13.3. The summed E-state index contributed by atoms with van der Waals surface area (Å²) in [5, 5.41) is 9.77. The number of phenolic OH excluding ortho intramolecular Hbond substituents is 1. The molecule has 0 unspecified atom stereocenters. The van der Waals surface area contributed by atoms with E-state index in [1.54, 1.807) is 17.0 Å². The van der Waals surface area contributed by atoms with Crippen molar-refractivity contribution in [2.45, 2.75) is 0 Å². The predicted octanol–water partition coefficient (Wildman–Crippen LogP) is 2.27. The van der Waals surface area contributed by atoms with Crippen LogP contribution in [-0.4, -0.2) is 52.9 Å². The third kappa shape index (κ3) is 3.45. The predicted molar refractivity (Wildman–Crippen MR) is 86.3 cm³/mol. The minimum absolute atomic E-state index is 0.0689. The van der Waals surface area contributed by atoms with Gasteiger partial charge in [0.1, 0.15) is 5.75 Å². The first kappa shape index (κ1) is 16.9. The van der Waals surface area contributed by atoms with Gasteiger partial charge in [-0.2, -0.15) is 0 Å². The van der Waals surface area contributed by atoms with Gasteiger partial charge in [-0.05, 0) is 30.3 Å². The zero-order chi connectivity index (χ0) is 18.0. The van der Waals surface area contributed by atoms with Gasteiger partial charge in [-0.25, -0.2) is 8.78 Å². The summed E-state index contributed by atoms with van der Waals surface area (Å²) in [5.41, 5.74) is 0.280. The van der Waals surface area contributed by atoms with Gasteiger partial charge in [0.15, 0.2) is 11.6 Å². The third-order valence-corrected chi connectivity index (χ3v) is 4.16. The van der Waals surface area contributed by atoms with Crippen molar-refractivity contribution in [3.8, 4) is 5.75 Å². The lowest BCUT2D eigenvalue weighted by Crippen LogP contribution is -2.50. The molecule has 25 heavy (non-hydrogen) atoms. The summed E-state index contributed by atoms with van der Waals surface area (Å²) < 4.78 is 26.3. The minimum atomic E-state index is -1.07. The number of hydrogen-bond acceptors (Lipinski definition) is 3. The summed E-state index contributed by atoms with van der Waals surface area (Å²) in [4.78, 5) is 27.8. The van der Waals surface area contributed by atoms with E-state index < -0.39 is 17.5 Å². The monoisotopic (exact) mass is 346 g/mol. The van der Waals surface area contributed by atoms with Crippen molar-refractivity contribution in [2.24, 2.45) is 0 Å². The van der Waals surface area contributed by atoms with Crippen molar-refractivity contribution >= 4 is 11.8 Å². The maximum atomic E-state index is 13.3. The van der Waals surface area contributed by atoms with Gasteiger partial charge in [0.25, 0.3) is 11.8 Å². The van der Waals surface area contributed by atoms with Gasteiger partial charge < -0.3 is 14.9 Å². The second-order valence-electron chi connectivity index (χ2n) is 5.73. The van der Waals surface area contributed by atoms with Gasteiger partial charge in [-0.15, -0.1) is 0 Å². The molecule has 1 N–H and O–H groups in total. The van der Waals surface area contributed by atoms with E-state index in [2.05, 4.69) is 0 Å². The Morgan fingerprint density at radius 2 is 1.44 bits per heavy atom. The van der Waals surface area contributed by atoms with Crippen LogP contribution in [0.3, 0.4) is 0 Å². The lowest BCUT2D eigenvalue weighted by Gasteiger charge is -2.35. The molecule has 7 heteroatoms. The number of rotatable bonds is 2. The molecule has 1 fully saturated rings. The van der Waals surface area contributed by atoms with Gasteiger partial charge in [0.2, 0.25) is 0 Å². The fraction of sp³-hybridized carbons (Fsp3) is 0.222. The van der Waals surface area contributed by atoms with Crippen LogP contribution in [-0.2, 0) is 0 Å². The van der Waals surface area contributed by atoms with Crippen LogP contribution in [0.5, 0.6) is 5.75 Å². The molecule has 0 bridgehead atoms. The number of carbonyl (C=O) groups excluding carboxylic acids is 2. The van der Waals surface area contributed by atoms with Crippen molar-refractivity contribution < 1.29 is 23.5 Å². The molecule has 0 saturated carbocycles. The molecule has 130 valence electrons. The molecular formula is C18H16F2N2O3. The van der Waals surface area contributed by atoms with Crippen molar-refractivity contribution in [3.63, 3.8) is 0 Å².